The number of hydrogen-bond acceptors (Lipinski definition) is 3. The molecule has 134 valence electrons. The highest BCUT2D eigenvalue weighted by Crippen LogP contribution is 2.22. The fourth-order valence-corrected chi connectivity index (χ4v) is 3.29. The number of rotatable bonds is 7. The standard InChI is InChI=1S/C23H19NO2S/c25-22(19-10-5-2-6-11-19)17-27-21-13-7-12-20(16-21)24-23(26)15-14-18-8-3-1-4-9-18/h1-16H,17H2,(H,24,26)/b15-14+. The normalized spacial score (nSPS) is 10.7. The summed E-state index contributed by atoms with van der Waals surface area (Å²) in [6.07, 6.45) is 3.28. The van der Waals surface area contributed by atoms with Gasteiger partial charge in [0, 0.05) is 22.2 Å². The van der Waals surface area contributed by atoms with Gasteiger partial charge in [0.15, 0.2) is 5.78 Å². The van der Waals surface area contributed by atoms with Crippen molar-refractivity contribution in [3.63, 3.8) is 0 Å². The summed E-state index contributed by atoms with van der Waals surface area (Å²) in [5.74, 6) is 0.247. The van der Waals surface area contributed by atoms with E-state index in [4.69, 9.17) is 0 Å². The summed E-state index contributed by atoms with van der Waals surface area (Å²) in [4.78, 5) is 25.2. The Bertz CT molecular complexity index is 937. The molecule has 1 amide bonds. The third-order valence-corrected chi connectivity index (χ3v) is 4.79. The van der Waals surface area contributed by atoms with E-state index in [0.717, 1.165) is 10.5 Å². The first-order valence-corrected chi connectivity index (χ1v) is 9.54. The van der Waals surface area contributed by atoms with Crippen molar-refractivity contribution in [3.8, 4) is 0 Å². The SMILES string of the molecule is O=C(/C=C/c1ccccc1)Nc1cccc(SCC(=O)c2ccccc2)c1. The van der Waals surface area contributed by atoms with Gasteiger partial charge in [-0.25, -0.2) is 0 Å². The van der Waals surface area contributed by atoms with Gasteiger partial charge in [0.2, 0.25) is 5.91 Å². The lowest BCUT2D eigenvalue weighted by Gasteiger charge is -2.06. The van der Waals surface area contributed by atoms with Crippen molar-refractivity contribution in [2.24, 2.45) is 0 Å². The average Bonchev–Trinajstić information content (AvgIpc) is 2.72. The van der Waals surface area contributed by atoms with E-state index in [1.54, 1.807) is 6.08 Å². The first-order chi connectivity index (χ1) is 13.2. The number of Topliss-reactive ketones (excluding diaryl/α,β-unsaturated/α-hetero) is 1. The number of carbonyl (C=O) groups is 2. The molecule has 0 spiro atoms. The van der Waals surface area contributed by atoms with Crippen LogP contribution in [0.1, 0.15) is 15.9 Å². The first-order valence-electron chi connectivity index (χ1n) is 8.56. The van der Waals surface area contributed by atoms with E-state index >= 15 is 0 Å². The molecule has 0 radical (unpaired) electrons. The Morgan fingerprint density at radius 1 is 0.852 bits per heavy atom. The molecule has 0 aliphatic carbocycles. The summed E-state index contributed by atoms with van der Waals surface area (Å²) < 4.78 is 0. The third-order valence-electron chi connectivity index (χ3n) is 3.79. The predicted octanol–water partition coefficient (Wildman–Crippen LogP) is 5.31. The molecule has 0 aliphatic rings. The fraction of sp³-hybridized carbons (Fsp3) is 0.0435. The second-order valence-electron chi connectivity index (χ2n) is 5.84. The van der Waals surface area contributed by atoms with E-state index in [1.807, 2.05) is 84.9 Å². The van der Waals surface area contributed by atoms with Crippen LogP contribution in [0.25, 0.3) is 6.08 Å². The maximum Gasteiger partial charge on any atom is 0.248 e. The molecule has 0 fully saturated rings. The topological polar surface area (TPSA) is 46.2 Å². The lowest BCUT2D eigenvalue weighted by molar-refractivity contribution is -0.111. The van der Waals surface area contributed by atoms with E-state index in [-0.39, 0.29) is 11.7 Å². The molecule has 0 atom stereocenters. The van der Waals surface area contributed by atoms with Crippen molar-refractivity contribution in [1.29, 1.82) is 0 Å². The number of thioether (sulfide) groups is 1. The zero-order valence-corrected chi connectivity index (χ0v) is 15.5. The highest BCUT2D eigenvalue weighted by atomic mass is 32.2. The monoisotopic (exact) mass is 373 g/mol. The maximum absolute atomic E-state index is 12.2. The Morgan fingerprint density at radius 2 is 1.56 bits per heavy atom. The van der Waals surface area contributed by atoms with Crippen molar-refractivity contribution in [3.05, 3.63) is 102 Å². The highest BCUT2D eigenvalue weighted by Gasteiger charge is 2.06. The van der Waals surface area contributed by atoms with E-state index < -0.39 is 0 Å². The van der Waals surface area contributed by atoms with Crippen LogP contribution >= 0.6 is 11.8 Å². The van der Waals surface area contributed by atoms with Crippen LogP contribution in [0, 0.1) is 0 Å². The quantitative estimate of drug-likeness (QED) is 0.347. The van der Waals surface area contributed by atoms with Gasteiger partial charge in [-0.3, -0.25) is 9.59 Å². The molecule has 0 aromatic heterocycles. The van der Waals surface area contributed by atoms with Crippen molar-refractivity contribution < 1.29 is 9.59 Å². The summed E-state index contributed by atoms with van der Waals surface area (Å²) in [7, 11) is 0. The predicted molar refractivity (Wildman–Crippen MR) is 112 cm³/mol. The number of amides is 1. The smallest absolute Gasteiger partial charge is 0.248 e. The molecular formula is C23H19NO2S. The summed E-state index contributed by atoms with van der Waals surface area (Å²) in [6, 6.07) is 26.4. The lowest BCUT2D eigenvalue weighted by atomic mass is 10.2. The Labute approximate surface area is 163 Å². The van der Waals surface area contributed by atoms with Crippen LogP contribution in [0.4, 0.5) is 5.69 Å². The first kappa shape index (κ1) is 18.7. The Morgan fingerprint density at radius 3 is 2.30 bits per heavy atom. The van der Waals surface area contributed by atoms with Gasteiger partial charge in [-0.2, -0.15) is 0 Å². The molecule has 3 aromatic rings. The summed E-state index contributed by atoms with van der Waals surface area (Å²) in [6.45, 7) is 0. The van der Waals surface area contributed by atoms with Crippen LogP contribution in [0.5, 0.6) is 0 Å². The van der Waals surface area contributed by atoms with Crippen LogP contribution in [0.2, 0.25) is 0 Å². The molecule has 4 heteroatoms. The number of ketones is 1. The number of nitrogens with one attached hydrogen (secondary N) is 1. The number of hydrogen-bond donors (Lipinski definition) is 1. The Kier molecular flexibility index (Phi) is 6.61. The molecule has 3 aromatic carbocycles. The minimum Gasteiger partial charge on any atom is -0.322 e. The van der Waals surface area contributed by atoms with Gasteiger partial charge in [0.25, 0.3) is 0 Å². The van der Waals surface area contributed by atoms with E-state index in [1.165, 1.54) is 17.8 Å². The van der Waals surface area contributed by atoms with Gasteiger partial charge in [-0.05, 0) is 29.8 Å². The second-order valence-corrected chi connectivity index (χ2v) is 6.89. The molecule has 3 nitrogen and oxygen atoms in total. The van der Waals surface area contributed by atoms with Gasteiger partial charge in [0.1, 0.15) is 0 Å². The van der Waals surface area contributed by atoms with Gasteiger partial charge in [-0.15, -0.1) is 11.8 Å². The van der Waals surface area contributed by atoms with Crippen molar-refractivity contribution >= 4 is 35.2 Å². The number of benzene rings is 3. The van der Waals surface area contributed by atoms with E-state index in [9.17, 15) is 9.59 Å². The van der Waals surface area contributed by atoms with Crippen molar-refractivity contribution in [2.45, 2.75) is 4.90 Å². The van der Waals surface area contributed by atoms with Gasteiger partial charge in [-0.1, -0.05) is 66.7 Å². The lowest BCUT2D eigenvalue weighted by Crippen LogP contribution is -2.07. The van der Waals surface area contributed by atoms with Crippen molar-refractivity contribution in [1.82, 2.24) is 0 Å². The molecule has 3 rings (SSSR count). The minimum atomic E-state index is -0.193. The number of anilines is 1. The molecule has 0 saturated carbocycles. The Hall–Kier alpha value is -3.11. The molecule has 0 unspecified atom stereocenters. The van der Waals surface area contributed by atoms with Crippen LogP contribution in [-0.2, 0) is 4.79 Å². The summed E-state index contributed by atoms with van der Waals surface area (Å²) in [5, 5.41) is 2.85. The van der Waals surface area contributed by atoms with Crippen LogP contribution in [0.3, 0.4) is 0 Å². The molecule has 0 bridgehead atoms. The van der Waals surface area contributed by atoms with Gasteiger partial charge < -0.3 is 5.32 Å². The van der Waals surface area contributed by atoms with Gasteiger partial charge >= 0.3 is 0 Å². The van der Waals surface area contributed by atoms with Crippen LogP contribution in [-0.4, -0.2) is 17.4 Å². The fourth-order valence-electron chi connectivity index (χ4n) is 2.44. The highest BCUT2D eigenvalue weighted by molar-refractivity contribution is 8.00. The Balaban J connectivity index is 1.56. The second kappa shape index (κ2) is 9.55. The molecule has 0 aliphatic heterocycles. The molecule has 0 saturated heterocycles. The average molecular weight is 373 g/mol. The van der Waals surface area contributed by atoms with Crippen LogP contribution < -0.4 is 5.32 Å². The van der Waals surface area contributed by atoms with Crippen LogP contribution in [0.15, 0.2) is 95.9 Å². The molecule has 27 heavy (non-hydrogen) atoms. The van der Waals surface area contributed by atoms with E-state index in [0.29, 0.717) is 17.0 Å². The summed E-state index contributed by atoms with van der Waals surface area (Å²) >= 11 is 1.46. The van der Waals surface area contributed by atoms with Gasteiger partial charge in [0.05, 0.1) is 5.75 Å². The zero-order valence-electron chi connectivity index (χ0n) is 14.7. The zero-order chi connectivity index (χ0) is 18.9. The minimum absolute atomic E-state index is 0.0841. The maximum atomic E-state index is 12.2. The number of carbonyl (C=O) groups excluding carboxylic acids is 2. The summed E-state index contributed by atoms with van der Waals surface area (Å²) in [5.41, 5.74) is 2.38. The third kappa shape index (κ3) is 5.97. The molecular weight excluding hydrogens is 354 g/mol. The van der Waals surface area contributed by atoms with Crippen molar-refractivity contribution in [2.75, 3.05) is 11.1 Å². The molecule has 1 N–H and O–H groups in total. The van der Waals surface area contributed by atoms with E-state index in [2.05, 4.69) is 5.32 Å². The molecule has 0 heterocycles. The largest absolute Gasteiger partial charge is 0.322 e.